The van der Waals surface area contributed by atoms with Gasteiger partial charge in [-0.05, 0) is 49.4 Å². The maximum absolute atomic E-state index is 14.9. The highest BCUT2D eigenvalue weighted by atomic mass is 32.2. The van der Waals surface area contributed by atoms with Gasteiger partial charge in [0.05, 0.1) is 29.8 Å². The van der Waals surface area contributed by atoms with Crippen LogP contribution in [0.25, 0.3) is 33.4 Å². The largest absolute Gasteiger partial charge is 0.473 e. The summed E-state index contributed by atoms with van der Waals surface area (Å²) in [7, 11) is 1.89. The predicted molar refractivity (Wildman–Crippen MR) is 147 cm³/mol. The summed E-state index contributed by atoms with van der Waals surface area (Å²) in [5.74, 6) is 0.250. The fourth-order valence-electron chi connectivity index (χ4n) is 4.99. The van der Waals surface area contributed by atoms with E-state index in [1.54, 1.807) is 18.0 Å². The second-order valence-corrected chi connectivity index (χ2v) is 10.1. The third-order valence-electron chi connectivity index (χ3n) is 6.94. The number of nitrogens with two attached hydrogens (primary N) is 1. The number of ether oxygens (including phenoxy) is 2. The number of pyridine rings is 1. The molecule has 5 N–H and O–H groups in total. The van der Waals surface area contributed by atoms with E-state index < -0.39 is 11.9 Å². The van der Waals surface area contributed by atoms with Gasteiger partial charge in [0.1, 0.15) is 11.8 Å². The summed E-state index contributed by atoms with van der Waals surface area (Å²) >= 11 is 1.61. The Kier molecular flexibility index (Phi) is 7.66. The van der Waals surface area contributed by atoms with Crippen LogP contribution in [0.3, 0.4) is 0 Å². The van der Waals surface area contributed by atoms with Crippen molar-refractivity contribution in [2.75, 3.05) is 25.6 Å². The molecular weight excluding hydrogens is 491 g/mol. The van der Waals surface area contributed by atoms with Gasteiger partial charge in [0, 0.05) is 29.3 Å². The van der Waals surface area contributed by atoms with Crippen LogP contribution in [0.1, 0.15) is 12.8 Å². The molecule has 4 atom stereocenters. The molecule has 0 radical (unpaired) electrons. The molecule has 2 fully saturated rings. The Bertz CT molecular complexity index is 1340. The SMILES string of the molecule is CNSC.Nc1ccc(-c2ccc(-c3nc4cc(O[C@@H]5CCC6[C@H](O)CO[C@@H]65)[nH]c4cc3F)cc2)cc1. The first-order chi connectivity index (χ1) is 18.0. The number of aromatic amines is 1. The molecule has 6 rings (SSSR count). The number of anilines is 1. The first-order valence-electron chi connectivity index (χ1n) is 12.3. The Morgan fingerprint density at radius 3 is 2.41 bits per heavy atom. The lowest BCUT2D eigenvalue weighted by Crippen LogP contribution is -2.30. The van der Waals surface area contributed by atoms with Crippen molar-refractivity contribution in [3.63, 3.8) is 0 Å². The second kappa shape index (κ2) is 11.1. The van der Waals surface area contributed by atoms with E-state index in [0.717, 1.165) is 24.0 Å². The van der Waals surface area contributed by atoms with Crippen LogP contribution in [0.4, 0.5) is 10.1 Å². The van der Waals surface area contributed by atoms with Crippen molar-refractivity contribution in [2.45, 2.75) is 31.2 Å². The van der Waals surface area contributed by atoms with E-state index in [1.165, 1.54) is 6.07 Å². The Balaban J connectivity index is 0.000000655. The summed E-state index contributed by atoms with van der Waals surface area (Å²) in [6.07, 6.45) is 3.02. The van der Waals surface area contributed by atoms with Gasteiger partial charge in [-0.2, -0.15) is 0 Å². The molecule has 37 heavy (non-hydrogen) atoms. The van der Waals surface area contributed by atoms with E-state index in [1.807, 2.05) is 61.8 Å². The van der Waals surface area contributed by atoms with Gasteiger partial charge in [0.2, 0.25) is 0 Å². The van der Waals surface area contributed by atoms with Crippen molar-refractivity contribution in [1.29, 1.82) is 0 Å². The molecule has 0 bridgehead atoms. The molecule has 1 saturated heterocycles. The summed E-state index contributed by atoms with van der Waals surface area (Å²) in [5, 5.41) is 10.0. The number of nitrogens with one attached hydrogen (secondary N) is 2. The van der Waals surface area contributed by atoms with Gasteiger partial charge in [0.25, 0.3) is 0 Å². The Morgan fingerprint density at radius 2 is 1.73 bits per heavy atom. The molecule has 1 aliphatic heterocycles. The molecule has 194 valence electrons. The average Bonchev–Trinajstić information content (AvgIpc) is 3.61. The zero-order chi connectivity index (χ0) is 25.9. The molecule has 9 heteroatoms. The van der Waals surface area contributed by atoms with Crippen LogP contribution >= 0.6 is 11.9 Å². The highest BCUT2D eigenvalue weighted by molar-refractivity contribution is 7.96. The molecule has 4 aromatic rings. The monoisotopic (exact) mass is 522 g/mol. The summed E-state index contributed by atoms with van der Waals surface area (Å²) in [6, 6.07) is 18.5. The third kappa shape index (κ3) is 5.45. The van der Waals surface area contributed by atoms with Crippen molar-refractivity contribution < 1.29 is 19.0 Å². The number of aromatic nitrogens is 2. The van der Waals surface area contributed by atoms with Crippen molar-refractivity contribution in [3.05, 3.63) is 66.5 Å². The van der Waals surface area contributed by atoms with Crippen molar-refractivity contribution >= 4 is 28.7 Å². The number of rotatable bonds is 5. The summed E-state index contributed by atoms with van der Waals surface area (Å²) < 4.78 is 29.6. The van der Waals surface area contributed by atoms with E-state index in [0.29, 0.717) is 40.5 Å². The molecule has 7 nitrogen and oxygen atoms in total. The van der Waals surface area contributed by atoms with Gasteiger partial charge in [-0.15, -0.1) is 0 Å². The number of hydrogen-bond acceptors (Lipinski definition) is 7. The highest BCUT2D eigenvalue weighted by Crippen LogP contribution is 2.38. The van der Waals surface area contributed by atoms with E-state index in [9.17, 15) is 9.50 Å². The van der Waals surface area contributed by atoms with Crippen LogP contribution in [0.2, 0.25) is 0 Å². The Morgan fingerprint density at radius 1 is 1.08 bits per heavy atom. The van der Waals surface area contributed by atoms with Gasteiger partial charge in [-0.3, -0.25) is 4.72 Å². The van der Waals surface area contributed by atoms with Crippen LogP contribution in [-0.4, -0.2) is 53.3 Å². The van der Waals surface area contributed by atoms with Crippen LogP contribution in [0.15, 0.2) is 60.7 Å². The number of H-pyrrole nitrogens is 1. The van der Waals surface area contributed by atoms with Crippen molar-refractivity contribution in [3.8, 4) is 28.3 Å². The normalized spacial score (nSPS) is 22.5. The van der Waals surface area contributed by atoms with Gasteiger partial charge < -0.3 is 25.3 Å². The molecule has 2 aliphatic rings. The third-order valence-corrected chi connectivity index (χ3v) is 7.35. The average molecular weight is 523 g/mol. The van der Waals surface area contributed by atoms with Gasteiger partial charge in [0.15, 0.2) is 11.7 Å². The Hall–Kier alpha value is -3.11. The number of nitrogens with zero attached hydrogens (tertiary/aromatic N) is 1. The van der Waals surface area contributed by atoms with Gasteiger partial charge in [-0.1, -0.05) is 48.3 Å². The minimum atomic E-state index is -0.420. The van der Waals surface area contributed by atoms with E-state index in [2.05, 4.69) is 14.7 Å². The summed E-state index contributed by atoms with van der Waals surface area (Å²) in [6.45, 7) is 0.356. The molecule has 1 unspecified atom stereocenters. The lowest BCUT2D eigenvalue weighted by Gasteiger charge is -2.18. The highest BCUT2D eigenvalue weighted by Gasteiger charge is 2.47. The number of nitrogen functional groups attached to an aromatic ring is 1. The Labute approximate surface area is 219 Å². The number of hydrogen-bond donors (Lipinski definition) is 4. The first kappa shape index (κ1) is 25.5. The maximum Gasteiger partial charge on any atom is 0.193 e. The van der Waals surface area contributed by atoms with Crippen LogP contribution < -0.4 is 15.2 Å². The molecule has 1 saturated carbocycles. The number of aliphatic hydroxyl groups excluding tert-OH is 1. The predicted octanol–water partition coefficient (Wildman–Crippen LogP) is 5.02. The second-order valence-electron chi connectivity index (χ2n) is 9.26. The van der Waals surface area contributed by atoms with Crippen LogP contribution in [-0.2, 0) is 4.74 Å². The van der Waals surface area contributed by atoms with Gasteiger partial charge >= 0.3 is 0 Å². The van der Waals surface area contributed by atoms with E-state index in [4.69, 9.17) is 15.2 Å². The fraction of sp³-hybridized carbons (Fsp3) is 0.321. The number of benzene rings is 2. The van der Waals surface area contributed by atoms with Crippen molar-refractivity contribution in [1.82, 2.24) is 14.7 Å². The smallest absolute Gasteiger partial charge is 0.193 e. The summed E-state index contributed by atoms with van der Waals surface area (Å²) in [4.78, 5) is 7.67. The van der Waals surface area contributed by atoms with E-state index in [-0.39, 0.29) is 18.1 Å². The van der Waals surface area contributed by atoms with Crippen molar-refractivity contribution in [2.24, 2.45) is 5.92 Å². The summed E-state index contributed by atoms with van der Waals surface area (Å²) in [5.41, 5.74) is 10.7. The zero-order valence-electron chi connectivity index (χ0n) is 20.8. The minimum Gasteiger partial charge on any atom is -0.473 e. The number of fused-ring (bicyclic) bond motifs is 2. The van der Waals surface area contributed by atoms with Crippen LogP contribution in [0.5, 0.6) is 5.88 Å². The molecular formula is C28H31FN4O3S. The molecule has 3 heterocycles. The molecule has 1 aliphatic carbocycles. The van der Waals surface area contributed by atoms with Gasteiger partial charge in [-0.25, -0.2) is 9.37 Å². The fourth-order valence-corrected chi connectivity index (χ4v) is 4.99. The quantitative estimate of drug-likeness (QED) is 0.215. The maximum atomic E-state index is 14.9. The van der Waals surface area contributed by atoms with Crippen LogP contribution in [0, 0.1) is 11.7 Å². The molecule has 2 aromatic carbocycles. The standard InChI is InChI=1S/C26H24FN3O3.C2H7NS/c27-19-11-20-21(12-24(29-20)33-23-10-9-18-22(31)13-32-26(18)23)30-25(19)16-3-1-14(2-4-16)15-5-7-17(28)8-6-15;1-3-4-2/h1-8,11-12,18,22-23,26,29,31H,9-10,13,28H2;3H,1-2H3/t18?,22-,23-,26+;/m1./s1. The molecule has 0 spiro atoms. The molecule has 0 amide bonds. The van der Waals surface area contributed by atoms with E-state index >= 15 is 0 Å². The first-order valence-corrected chi connectivity index (χ1v) is 13.5. The topological polar surface area (TPSA) is 105 Å². The lowest BCUT2D eigenvalue weighted by molar-refractivity contribution is 0.0154. The minimum absolute atomic E-state index is 0.105. The number of aliphatic hydroxyl groups is 1. The number of halogens is 1. The lowest BCUT2D eigenvalue weighted by atomic mass is 10.0. The molecule has 2 aromatic heterocycles. The zero-order valence-corrected chi connectivity index (χ0v) is 21.6.